The Morgan fingerprint density at radius 1 is 1.32 bits per heavy atom. The van der Waals surface area contributed by atoms with Crippen LogP contribution < -0.4 is 4.74 Å². The largest absolute Gasteiger partial charge is 0.496 e. The van der Waals surface area contributed by atoms with Gasteiger partial charge in [0, 0.05) is 5.02 Å². The Morgan fingerprint density at radius 2 is 2.09 bits per heavy atom. The predicted octanol–water partition coefficient (Wildman–Crippen LogP) is 3.45. The number of carboxylic acids is 1. The number of nitrogens with zero attached hydrogens (tertiary/aromatic N) is 2. The molecule has 3 aromatic rings. The van der Waals surface area contributed by atoms with Crippen LogP contribution in [0.3, 0.4) is 0 Å². The van der Waals surface area contributed by atoms with Crippen molar-refractivity contribution in [2.45, 2.75) is 6.54 Å². The van der Waals surface area contributed by atoms with Crippen molar-refractivity contribution in [1.29, 1.82) is 0 Å². The van der Waals surface area contributed by atoms with E-state index in [0.717, 1.165) is 11.0 Å². The molecule has 0 bridgehead atoms. The Hall–Kier alpha value is -2.53. The number of fused-ring (bicyclic) bond motifs is 1. The molecule has 0 aliphatic heterocycles. The highest BCUT2D eigenvalue weighted by atomic mass is 35.5. The molecule has 1 aromatic heterocycles. The number of hydrogen-bond donors (Lipinski definition) is 1. The molecule has 0 aliphatic carbocycles. The number of carboxylic acid groups (broad SMARTS) is 1. The third-order valence-electron chi connectivity index (χ3n) is 3.35. The molecule has 0 unspecified atom stereocenters. The lowest BCUT2D eigenvalue weighted by atomic mass is 10.2. The number of aliphatic carboxylic acids is 1. The average Bonchev–Trinajstić information content (AvgIpc) is 2.85. The quantitative estimate of drug-likeness (QED) is 0.800. The molecular formula is C16H13ClN2O3. The molecule has 22 heavy (non-hydrogen) atoms. The first-order valence-electron chi connectivity index (χ1n) is 6.61. The second kappa shape index (κ2) is 5.69. The molecule has 0 fully saturated rings. The van der Waals surface area contributed by atoms with Crippen LogP contribution in [0.15, 0.2) is 42.5 Å². The zero-order valence-electron chi connectivity index (χ0n) is 11.8. The average molecular weight is 317 g/mol. The molecule has 0 amide bonds. The number of imidazole rings is 1. The first kappa shape index (κ1) is 14.4. The van der Waals surface area contributed by atoms with E-state index in [4.69, 9.17) is 16.3 Å². The summed E-state index contributed by atoms with van der Waals surface area (Å²) in [7, 11) is 1.55. The van der Waals surface area contributed by atoms with E-state index in [2.05, 4.69) is 4.98 Å². The molecular weight excluding hydrogens is 304 g/mol. The molecule has 6 heteroatoms. The van der Waals surface area contributed by atoms with E-state index in [-0.39, 0.29) is 6.54 Å². The fourth-order valence-corrected chi connectivity index (χ4v) is 2.60. The van der Waals surface area contributed by atoms with Gasteiger partial charge in [-0.05, 0) is 30.3 Å². The number of hydrogen-bond acceptors (Lipinski definition) is 3. The summed E-state index contributed by atoms with van der Waals surface area (Å²) >= 11 is 6.07. The van der Waals surface area contributed by atoms with Crippen LogP contribution in [0.4, 0.5) is 0 Å². The maximum atomic E-state index is 11.2. The van der Waals surface area contributed by atoms with E-state index in [1.807, 2.05) is 24.3 Å². The Morgan fingerprint density at radius 3 is 2.82 bits per heavy atom. The molecule has 0 aliphatic rings. The van der Waals surface area contributed by atoms with Crippen molar-refractivity contribution in [3.63, 3.8) is 0 Å². The number of halogens is 1. The van der Waals surface area contributed by atoms with Crippen molar-refractivity contribution in [2.75, 3.05) is 7.11 Å². The third-order valence-corrected chi connectivity index (χ3v) is 3.59. The van der Waals surface area contributed by atoms with Gasteiger partial charge in [-0.15, -0.1) is 0 Å². The van der Waals surface area contributed by atoms with E-state index >= 15 is 0 Å². The minimum Gasteiger partial charge on any atom is -0.496 e. The molecule has 1 N–H and O–H groups in total. The monoisotopic (exact) mass is 316 g/mol. The van der Waals surface area contributed by atoms with Crippen molar-refractivity contribution < 1.29 is 14.6 Å². The summed E-state index contributed by atoms with van der Waals surface area (Å²) in [6, 6.07) is 12.6. The van der Waals surface area contributed by atoms with Gasteiger partial charge in [0.2, 0.25) is 0 Å². The zero-order valence-corrected chi connectivity index (χ0v) is 12.5. The van der Waals surface area contributed by atoms with Crippen molar-refractivity contribution in [2.24, 2.45) is 0 Å². The number of para-hydroxylation sites is 2. The maximum Gasteiger partial charge on any atom is 0.323 e. The lowest BCUT2D eigenvalue weighted by Gasteiger charge is -2.10. The molecule has 0 spiro atoms. The van der Waals surface area contributed by atoms with Crippen molar-refractivity contribution in [3.05, 3.63) is 47.5 Å². The number of aromatic nitrogens is 2. The second-order valence-electron chi connectivity index (χ2n) is 4.75. The highest BCUT2D eigenvalue weighted by Crippen LogP contribution is 2.34. The van der Waals surface area contributed by atoms with Crippen molar-refractivity contribution in [1.82, 2.24) is 9.55 Å². The molecule has 0 radical (unpaired) electrons. The van der Waals surface area contributed by atoms with Crippen LogP contribution in [0, 0.1) is 0 Å². The highest BCUT2D eigenvalue weighted by Gasteiger charge is 2.18. The molecule has 112 valence electrons. The molecule has 0 atom stereocenters. The van der Waals surface area contributed by atoms with Crippen molar-refractivity contribution in [3.8, 4) is 17.1 Å². The Labute approximate surface area is 131 Å². The summed E-state index contributed by atoms with van der Waals surface area (Å²) in [5.74, 6) is 0.166. The van der Waals surface area contributed by atoms with Gasteiger partial charge in [0.05, 0.1) is 23.7 Å². The summed E-state index contributed by atoms with van der Waals surface area (Å²) in [4.78, 5) is 15.8. The van der Waals surface area contributed by atoms with E-state index in [9.17, 15) is 9.90 Å². The number of carbonyl (C=O) groups is 1. The van der Waals surface area contributed by atoms with E-state index < -0.39 is 5.97 Å². The number of methoxy groups -OCH3 is 1. The van der Waals surface area contributed by atoms with Crippen LogP contribution in [0.5, 0.6) is 5.75 Å². The van der Waals surface area contributed by atoms with Gasteiger partial charge in [-0.2, -0.15) is 0 Å². The number of rotatable bonds is 4. The number of ether oxygens (including phenoxy) is 1. The van der Waals surface area contributed by atoms with Crippen LogP contribution in [-0.4, -0.2) is 27.7 Å². The summed E-state index contributed by atoms with van der Waals surface area (Å²) in [6.07, 6.45) is 0. The van der Waals surface area contributed by atoms with Gasteiger partial charge in [-0.1, -0.05) is 23.7 Å². The predicted molar refractivity (Wildman–Crippen MR) is 84.4 cm³/mol. The molecule has 0 saturated carbocycles. The van der Waals surface area contributed by atoms with Crippen LogP contribution in [0.1, 0.15) is 0 Å². The second-order valence-corrected chi connectivity index (χ2v) is 5.19. The molecule has 2 aromatic carbocycles. The van der Waals surface area contributed by atoms with E-state index in [1.54, 1.807) is 29.9 Å². The fraction of sp³-hybridized carbons (Fsp3) is 0.125. The van der Waals surface area contributed by atoms with E-state index in [0.29, 0.717) is 22.2 Å². The van der Waals surface area contributed by atoms with Crippen LogP contribution in [-0.2, 0) is 11.3 Å². The summed E-state index contributed by atoms with van der Waals surface area (Å²) in [5, 5.41) is 9.72. The highest BCUT2D eigenvalue weighted by molar-refractivity contribution is 6.31. The molecule has 3 rings (SSSR count). The lowest BCUT2D eigenvalue weighted by molar-refractivity contribution is -0.137. The first-order valence-corrected chi connectivity index (χ1v) is 6.99. The first-order chi connectivity index (χ1) is 10.6. The van der Waals surface area contributed by atoms with Gasteiger partial charge in [-0.3, -0.25) is 4.79 Å². The Balaban J connectivity index is 2.30. The van der Waals surface area contributed by atoms with Gasteiger partial charge in [0.25, 0.3) is 0 Å². The lowest BCUT2D eigenvalue weighted by Crippen LogP contribution is -2.10. The Kier molecular flexibility index (Phi) is 3.73. The van der Waals surface area contributed by atoms with Gasteiger partial charge in [0.1, 0.15) is 18.1 Å². The van der Waals surface area contributed by atoms with Crippen LogP contribution in [0.2, 0.25) is 5.02 Å². The summed E-state index contributed by atoms with van der Waals surface area (Å²) in [6.45, 7) is -0.189. The van der Waals surface area contributed by atoms with Crippen LogP contribution in [0.25, 0.3) is 22.4 Å². The van der Waals surface area contributed by atoms with Crippen LogP contribution >= 0.6 is 11.6 Å². The molecule has 1 heterocycles. The third kappa shape index (κ3) is 2.51. The minimum absolute atomic E-state index is 0.189. The van der Waals surface area contributed by atoms with Gasteiger partial charge in [-0.25, -0.2) is 4.98 Å². The zero-order chi connectivity index (χ0) is 15.7. The number of benzene rings is 2. The van der Waals surface area contributed by atoms with Gasteiger partial charge < -0.3 is 14.4 Å². The topological polar surface area (TPSA) is 64.4 Å². The summed E-state index contributed by atoms with van der Waals surface area (Å²) in [5.41, 5.74) is 2.13. The Bertz CT molecular complexity index is 858. The molecule has 0 saturated heterocycles. The normalized spacial score (nSPS) is 10.8. The smallest absolute Gasteiger partial charge is 0.323 e. The fourth-order valence-electron chi connectivity index (χ4n) is 2.43. The SMILES string of the molecule is COc1ccc(Cl)cc1-c1nc2ccccc2n1CC(=O)O. The maximum absolute atomic E-state index is 11.2. The summed E-state index contributed by atoms with van der Waals surface area (Å²) < 4.78 is 7.00. The van der Waals surface area contributed by atoms with Gasteiger partial charge in [0.15, 0.2) is 0 Å². The standard InChI is InChI=1S/C16H13ClN2O3/c1-22-14-7-6-10(17)8-11(14)16-18-12-4-2-3-5-13(12)19(16)9-15(20)21/h2-8H,9H2,1H3,(H,20,21). The molecule has 5 nitrogen and oxygen atoms in total. The van der Waals surface area contributed by atoms with Gasteiger partial charge >= 0.3 is 5.97 Å². The van der Waals surface area contributed by atoms with Crippen molar-refractivity contribution >= 4 is 28.6 Å². The van der Waals surface area contributed by atoms with E-state index in [1.165, 1.54) is 0 Å². The minimum atomic E-state index is -0.939.